The molecule has 1 aromatic carbocycles. The number of anilines is 1. The Labute approximate surface area is 148 Å². The number of thiocarbonyl (C=S) groups is 1. The summed E-state index contributed by atoms with van der Waals surface area (Å²) in [6.07, 6.45) is 0. The molecule has 132 valence electrons. The van der Waals surface area contributed by atoms with Crippen LogP contribution in [0.25, 0.3) is 0 Å². The molecule has 0 aliphatic carbocycles. The number of carbonyl (C=O) groups is 1. The van der Waals surface area contributed by atoms with Gasteiger partial charge in [-0.05, 0) is 37.3 Å². The third kappa shape index (κ3) is 4.88. The number of ketones is 1. The van der Waals surface area contributed by atoms with Crippen molar-refractivity contribution in [2.24, 2.45) is 0 Å². The van der Waals surface area contributed by atoms with Gasteiger partial charge in [-0.25, -0.2) is 4.39 Å². The van der Waals surface area contributed by atoms with Crippen LogP contribution in [0.3, 0.4) is 0 Å². The zero-order valence-electron chi connectivity index (χ0n) is 14.6. The molecule has 0 spiro atoms. The van der Waals surface area contributed by atoms with Gasteiger partial charge in [0.25, 0.3) is 0 Å². The maximum Gasteiger partial charge on any atom is 0.169 e. The molecule has 5 nitrogen and oxygen atoms in total. The number of likely N-dealkylation sites (N-methyl/N-ethyl adjacent to an activating group) is 1. The van der Waals surface area contributed by atoms with Crippen molar-refractivity contribution in [3.05, 3.63) is 29.6 Å². The maximum atomic E-state index is 14.2. The fourth-order valence-corrected chi connectivity index (χ4v) is 2.95. The first-order chi connectivity index (χ1) is 11.4. The minimum atomic E-state index is -0.342. The Hall–Kier alpha value is -1.73. The van der Waals surface area contributed by atoms with E-state index in [0.29, 0.717) is 24.3 Å². The van der Waals surface area contributed by atoms with Gasteiger partial charge in [0.05, 0.1) is 32.9 Å². The SMILES string of the molecule is CC(=O)c1ccc(N2CCN(C(=S)NCC[NH+](C)C)CC2)c(F)c1. The van der Waals surface area contributed by atoms with Crippen molar-refractivity contribution in [3.63, 3.8) is 0 Å². The number of carbonyl (C=O) groups excluding carboxylic acids is 1. The van der Waals surface area contributed by atoms with Crippen molar-refractivity contribution in [1.82, 2.24) is 10.2 Å². The second-order valence-corrected chi connectivity index (χ2v) is 6.77. The van der Waals surface area contributed by atoms with Crippen molar-refractivity contribution in [2.45, 2.75) is 6.92 Å². The number of halogens is 1. The Bertz CT molecular complexity index is 600. The molecule has 2 rings (SSSR count). The topological polar surface area (TPSA) is 40.0 Å². The molecule has 0 radical (unpaired) electrons. The van der Waals surface area contributed by atoms with E-state index in [-0.39, 0.29) is 11.6 Å². The van der Waals surface area contributed by atoms with E-state index in [0.717, 1.165) is 31.3 Å². The van der Waals surface area contributed by atoms with E-state index >= 15 is 0 Å². The van der Waals surface area contributed by atoms with Crippen LogP contribution >= 0.6 is 12.2 Å². The summed E-state index contributed by atoms with van der Waals surface area (Å²) in [5.41, 5.74) is 0.957. The second-order valence-electron chi connectivity index (χ2n) is 6.39. The van der Waals surface area contributed by atoms with Crippen molar-refractivity contribution in [2.75, 3.05) is 58.3 Å². The number of hydrogen-bond acceptors (Lipinski definition) is 3. The van der Waals surface area contributed by atoms with Crippen LogP contribution in [0.4, 0.5) is 10.1 Å². The molecule has 0 saturated carbocycles. The highest BCUT2D eigenvalue weighted by Gasteiger charge is 2.21. The summed E-state index contributed by atoms with van der Waals surface area (Å²) >= 11 is 5.43. The summed E-state index contributed by atoms with van der Waals surface area (Å²) in [6, 6.07) is 4.70. The standard InChI is InChI=1S/C17H25FN4OS/c1-13(23)14-4-5-16(15(18)12-14)21-8-10-22(11-9-21)17(24)19-6-7-20(2)3/h4-5,12H,6-11H2,1-3H3,(H,19,24)/p+1. The molecular weight excluding hydrogens is 327 g/mol. The number of quaternary nitrogens is 1. The number of nitrogens with zero attached hydrogens (tertiary/aromatic N) is 2. The lowest BCUT2D eigenvalue weighted by Crippen LogP contribution is -3.06. The largest absolute Gasteiger partial charge is 0.366 e. The van der Waals surface area contributed by atoms with Gasteiger partial charge in [0.15, 0.2) is 10.9 Å². The number of piperazine rings is 1. The normalized spacial score (nSPS) is 14.9. The molecule has 0 amide bonds. The molecule has 2 N–H and O–H groups in total. The summed E-state index contributed by atoms with van der Waals surface area (Å²) < 4.78 is 14.2. The molecule has 1 aromatic rings. The number of nitrogens with one attached hydrogen (secondary N) is 2. The molecule has 1 heterocycles. The molecule has 0 bridgehead atoms. The fourth-order valence-electron chi connectivity index (χ4n) is 2.66. The van der Waals surface area contributed by atoms with Gasteiger partial charge in [-0.2, -0.15) is 0 Å². The Morgan fingerprint density at radius 2 is 1.96 bits per heavy atom. The molecule has 1 fully saturated rings. The van der Waals surface area contributed by atoms with Gasteiger partial charge < -0.3 is 20.0 Å². The number of rotatable bonds is 5. The minimum absolute atomic E-state index is 0.124. The predicted molar refractivity (Wildman–Crippen MR) is 98.5 cm³/mol. The van der Waals surface area contributed by atoms with Gasteiger partial charge in [0, 0.05) is 31.7 Å². The first-order valence-electron chi connectivity index (χ1n) is 8.25. The van der Waals surface area contributed by atoms with Crippen LogP contribution < -0.4 is 15.1 Å². The van der Waals surface area contributed by atoms with Crippen molar-refractivity contribution in [3.8, 4) is 0 Å². The quantitative estimate of drug-likeness (QED) is 0.583. The molecule has 1 saturated heterocycles. The first kappa shape index (κ1) is 18.6. The highest BCUT2D eigenvalue weighted by Crippen LogP contribution is 2.22. The van der Waals surface area contributed by atoms with Gasteiger partial charge in [-0.3, -0.25) is 4.79 Å². The average molecular weight is 353 g/mol. The fraction of sp³-hybridized carbons (Fsp3) is 0.529. The molecule has 24 heavy (non-hydrogen) atoms. The maximum absolute atomic E-state index is 14.2. The molecule has 0 atom stereocenters. The van der Waals surface area contributed by atoms with E-state index < -0.39 is 0 Å². The van der Waals surface area contributed by atoms with Gasteiger partial charge in [-0.15, -0.1) is 0 Å². The minimum Gasteiger partial charge on any atom is -0.366 e. The van der Waals surface area contributed by atoms with Crippen LogP contribution in [0, 0.1) is 5.82 Å². The van der Waals surface area contributed by atoms with E-state index in [2.05, 4.69) is 24.3 Å². The third-order valence-corrected chi connectivity index (χ3v) is 4.57. The van der Waals surface area contributed by atoms with Gasteiger partial charge in [0.2, 0.25) is 0 Å². The molecule has 7 heteroatoms. The smallest absolute Gasteiger partial charge is 0.169 e. The molecule has 0 unspecified atom stereocenters. The van der Waals surface area contributed by atoms with Crippen LogP contribution in [0.1, 0.15) is 17.3 Å². The third-order valence-electron chi connectivity index (χ3n) is 4.16. The predicted octanol–water partition coefficient (Wildman–Crippen LogP) is 0.169. The Morgan fingerprint density at radius 3 is 2.50 bits per heavy atom. The van der Waals surface area contributed by atoms with Gasteiger partial charge in [-0.1, -0.05) is 0 Å². The van der Waals surface area contributed by atoms with Crippen molar-refractivity contribution in [1.29, 1.82) is 0 Å². The van der Waals surface area contributed by atoms with Gasteiger partial charge in [0.1, 0.15) is 5.82 Å². The zero-order valence-corrected chi connectivity index (χ0v) is 15.4. The van der Waals surface area contributed by atoms with Crippen LogP contribution in [0.2, 0.25) is 0 Å². The summed E-state index contributed by atoms with van der Waals surface area (Å²) in [5.74, 6) is -0.466. The molecule has 1 aliphatic heterocycles. The number of benzene rings is 1. The Kier molecular flexibility index (Phi) is 6.51. The van der Waals surface area contributed by atoms with E-state index in [1.165, 1.54) is 17.9 Å². The lowest BCUT2D eigenvalue weighted by atomic mass is 10.1. The van der Waals surface area contributed by atoms with E-state index in [1.54, 1.807) is 12.1 Å². The van der Waals surface area contributed by atoms with Crippen LogP contribution in [0.5, 0.6) is 0 Å². The van der Waals surface area contributed by atoms with Crippen molar-refractivity contribution >= 4 is 28.8 Å². The molecule has 0 aromatic heterocycles. The summed E-state index contributed by atoms with van der Waals surface area (Å²) in [4.78, 5) is 16.8. The Morgan fingerprint density at radius 1 is 1.29 bits per heavy atom. The number of Topliss-reactive ketones (excluding diaryl/α,β-unsaturated/α-hetero) is 1. The molecular formula is C17H26FN4OS+. The summed E-state index contributed by atoms with van der Waals surface area (Å²) in [7, 11) is 4.21. The van der Waals surface area contributed by atoms with Crippen molar-refractivity contribution < 1.29 is 14.1 Å². The molecule has 1 aliphatic rings. The van der Waals surface area contributed by atoms with E-state index in [4.69, 9.17) is 12.2 Å². The second kappa shape index (κ2) is 8.39. The van der Waals surface area contributed by atoms with E-state index in [1.807, 2.05) is 4.90 Å². The summed E-state index contributed by atoms with van der Waals surface area (Å²) in [5, 5.41) is 4.04. The Balaban J connectivity index is 1.88. The number of hydrogen-bond donors (Lipinski definition) is 2. The van der Waals surface area contributed by atoms with Crippen LogP contribution in [0.15, 0.2) is 18.2 Å². The zero-order chi connectivity index (χ0) is 17.7. The summed E-state index contributed by atoms with van der Waals surface area (Å²) in [6.45, 7) is 6.23. The van der Waals surface area contributed by atoms with Crippen LogP contribution in [-0.2, 0) is 0 Å². The van der Waals surface area contributed by atoms with E-state index in [9.17, 15) is 9.18 Å². The highest BCUT2D eigenvalue weighted by atomic mass is 32.1. The van der Waals surface area contributed by atoms with Crippen LogP contribution in [-0.4, -0.2) is 69.2 Å². The van der Waals surface area contributed by atoms with Gasteiger partial charge >= 0.3 is 0 Å². The average Bonchev–Trinajstić information content (AvgIpc) is 2.54. The highest BCUT2D eigenvalue weighted by molar-refractivity contribution is 7.80. The lowest BCUT2D eigenvalue weighted by molar-refractivity contribution is -0.856. The monoisotopic (exact) mass is 353 g/mol. The first-order valence-corrected chi connectivity index (χ1v) is 8.66. The lowest BCUT2D eigenvalue weighted by Gasteiger charge is -2.37.